The van der Waals surface area contributed by atoms with E-state index in [0.717, 1.165) is 19.3 Å². The monoisotopic (exact) mass is 277 g/mol. The van der Waals surface area contributed by atoms with Crippen LogP contribution in [0.2, 0.25) is 0 Å². The highest BCUT2D eigenvalue weighted by atomic mass is 35.5. The van der Waals surface area contributed by atoms with Crippen LogP contribution in [-0.2, 0) is 10.0 Å². The number of hydrogen-bond donors (Lipinski definition) is 1. The van der Waals surface area contributed by atoms with Crippen molar-refractivity contribution in [2.75, 3.05) is 12.4 Å². The Bertz CT molecular complexity index is 442. The summed E-state index contributed by atoms with van der Waals surface area (Å²) >= 11 is 5.64. The van der Waals surface area contributed by atoms with Crippen molar-refractivity contribution in [3.8, 4) is 0 Å². The molecule has 7 heteroatoms. The average molecular weight is 278 g/mol. The van der Waals surface area contributed by atoms with E-state index in [2.05, 4.69) is 10.2 Å². The van der Waals surface area contributed by atoms with Crippen molar-refractivity contribution in [3.63, 3.8) is 0 Å². The van der Waals surface area contributed by atoms with Crippen molar-refractivity contribution in [1.82, 2.24) is 14.5 Å². The molecule has 0 unspecified atom stereocenters. The molecule has 0 saturated heterocycles. The molecule has 17 heavy (non-hydrogen) atoms. The second kappa shape index (κ2) is 5.37. The van der Waals surface area contributed by atoms with Crippen molar-refractivity contribution in [2.24, 2.45) is 0 Å². The first-order valence-electron chi connectivity index (χ1n) is 5.73. The van der Waals surface area contributed by atoms with Gasteiger partial charge in [-0.15, -0.1) is 11.6 Å². The molecule has 0 bridgehead atoms. The Hall–Kier alpha value is -0.590. The first-order chi connectivity index (χ1) is 8.16. The number of nitrogens with one attached hydrogen (secondary N) is 1. The molecular formula is C10H16ClN3O2S. The molecule has 1 N–H and O–H groups in total. The lowest BCUT2D eigenvalue weighted by molar-refractivity contribution is 0.219. The number of sulfonamides is 1. The zero-order chi connectivity index (χ0) is 12.3. The van der Waals surface area contributed by atoms with Crippen LogP contribution in [0.15, 0.2) is 17.3 Å². The lowest BCUT2D eigenvalue weighted by Gasteiger charge is -2.36. The van der Waals surface area contributed by atoms with Crippen molar-refractivity contribution < 1.29 is 8.42 Å². The van der Waals surface area contributed by atoms with Gasteiger partial charge in [0, 0.05) is 18.5 Å². The van der Waals surface area contributed by atoms with E-state index in [4.69, 9.17) is 11.6 Å². The first-order valence-corrected chi connectivity index (χ1v) is 7.71. The Morgan fingerprint density at radius 3 is 2.76 bits per heavy atom. The summed E-state index contributed by atoms with van der Waals surface area (Å²) in [5, 5.41) is 6.39. The molecule has 1 saturated carbocycles. The molecule has 1 aromatic heterocycles. The number of rotatable bonds is 6. The highest BCUT2D eigenvalue weighted by Gasteiger charge is 2.35. The third kappa shape index (κ3) is 2.64. The summed E-state index contributed by atoms with van der Waals surface area (Å²) in [6, 6.07) is 1.62. The fraction of sp³-hybridized carbons (Fsp3) is 0.700. The van der Waals surface area contributed by atoms with Crippen LogP contribution < -0.4 is 0 Å². The van der Waals surface area contributed by atoms with Crippen LogP contribution in [-0.4, -0.2) is 41.4 Å². The molecule has 1 aliphatic carbocycles. The molecule has 5 nitrogen and oxygen atoms in total. The lowest BCUT2D eigenvalue weighted by atomic mass is 9.93. The van der Waals surface area contributed by atoms with E-state index in [-0.39, 0.29) is 11.1 Å². The molecule has 0 radical (unpaired) electrons. The smallest absolute Gasteiger partial charge is 0.260 e. The van der Waals surface area contributed by atoms with Crippen molar-refractivity contribution in [3.05, 3.63) is 12.3 Å². The molecule has 1 fully saturated rings. The van der Waals surface area contributed by atoms with Gasteiger partial charge in [0.25, 0.3) is 10.0 Å². The SMILES string of the molecule is O=S(=O)(c1ccn[nH]1)N(CCCCl)C1CCC1. The maximum absolute atomic E-state index is 12.3. The summed E-state index contributed by atoms with van der Waals surface area (Å²) < 4.78 is 26.3. The third-order valence-electron chi connectivity index (χ3n) is 3.06. The lowest BCUT2D eigenvalue weighted by Crippen LogP contribution is -2.44. The fourth-order valence-corrected chi connectivity index (χ4v) is 3.65. The first kappa shape index (κ1) is 12.9. The quantitative estimate of drug-likeness (QED) is 0.803. The zero-order valence-corrected chi connectivity index (χ0v) is 11.0. The minimum absolute atomic E-state index is 0.131. The van der Waals surface area contributed by atoms with Crippen LogP contribution in [0, 0.1) is 0 Å². The van der Waals surface area contributed by atoms with Gasteiger partial charge >= 0.3 is 0 Å². The molecule has 0 aliphatic heterocycles. The summed E-state index contributed by atoms with van der Waals surface area (Å²) in [7, 11) is -3.43. The van der Waals surface area contributed by atoms with Crippen LogP contribution >= 0.6 is 11.6 Å². The number of alkyl halides is 1. The van der Waals surface area contributed by atoms with Crippen molar-refractivity contribution in [1.29, 1.82) is 0 Å². The van der Waals surface area contributed by atoms with Crippen LogP contribution in [0.1, 0.15) is 25.7 Å². The average Bonchev–Trinajstić information content (AvgIpc) is 2.74. The van der Waals surface area contributed by atoms with Gasteiger partial charge in [-0.2, -0.15) is 9.40 Å². The Balaban J connectivity index is 2.19. The third-order valence-corrected chi connectivity index (χ3v) is 5.20. The summed E-state index contributed by atoms with van der Waals surface area (Å²) in [5.74, 6) is 0.474. The van der Waals surface area contributed by atoms with Crippen LogP contribution in [0.3, 0.4) is 0 Å². The van der Waals surface area contributed by atoms with Crippen molar-refractivity contribution in [2.45, 2.75) is 36.8 Å². The van der Waals surface area contributed by atoms with Crippen LogP contribution in [0.4, 0.5) is 0 Å². The molecule has 0 aromatic carbocycles. The molecule has 1 heterocycles. The van der Waals surface area contributed by atoms with Gasteiger partial charge in [0.2, 0.25) is 0 Å². The fourth-order valence-electron chi connectivity index (χ4n) is 1.90. The second-order valence-electron chi connectivity index (χ2n) is 4.16. The highest BCUT2D eigenvalue weighted by Crippen LogP contribution is 2.29. The van der Waals surface area contributed by atoms with E-state index >= 15 is 0 Å². The van der Waals surface area contributed by atoms with E-state index in [1.165, 1.54) is 12.3 Å². The van der Waals surface area contributed by atoms with Gasteiger partial charge < -0.3 is 0 Å². The second-order valence-corrected chi connectivity index (χ2v) is 6.40. The molecule has 1 aliphatic rings. The molecule has 1 aromatic rings. The Labute approximate surface area is 106 Å². The van der Waals surface area contributed by atoms with E-state index in [1.54, 1.807) is 4.31 Å². The standard InChI is InChI=1S/C10H16ClN3O2S/c11-6-2-8-14(9-3-1-4-9)17(15,16)10-5-7-12-13-10/h5,7,9H,1-4,6,8H2,(H,12,13). The molecular weight excluding hydrogens is 262 g/mol. The van der Waals surface area contributed by atoms with Gasteiger partial charge in [-0.3, -0.25) is 5.10 Å². The maximum Gasteiger partial charge on any atom is 0.260 e. The van der Waals surface area contributed by atoms with E-state index < -0.39 is 10.0 Å². The summed E-state index contributed by atoms with van der Waals surface area (Å²) in [6.07, 6.45) is 5.10. The topological polar surface area (TPSA) is 66.1 Å². The molecule has 96 valence electrons. The van der Waals surface area contributed by atoms with Gasteiger partial charge in [-0.05, 0) is 25.3 Å². The summed E-state index contributed by atoms with van der Waals surface area (Å²) in [5.41, 5.74) is 0. The van der Waals surface area contributed by atoms with E-state index in [0.29, 0.717) is 18.8 Å². The van der Waals surface area contributed by atoms with Crippen LogP contribution in [0.25, 0.3) is 0 Å². The van der Waals surface area contributed by atoms with Gasteiger partial charge in [-0.25, -0.2) is 8.42 Å². The van der Waals surface area contributed by atoms with Crippen LogP contribution in [0.5, 0.6) is 0 Å². The predicted octanol–water partition coefficient (Wildman–Crippen LogP) is 1.58. The number of nitrogens with zero attached hydrogens (tertiary/aromatic N) is 2. The molecule has 0 atom stereocenters. The number of H-pyrrole nitrogens is 1. The van der Waals surface area contributed by atoms with E-state index in [9.17, 15) is 8.42 Å². The maximum atomic E-state index is 12.3. The number of halogens is 1. The van der Waals surface area contributed by atoms with Gasteiger partial charge in [0.1, 0.15) is 0 Å². The minimum atomic E-state index is -3.43. The minimum Gasteiger partial charge on any atom is -0.266 e. The zero-order valence-electron chi connectivity index (χ0n) is 9.47. The van der Waals surface area contributed by atoms with Gasteiger partial charge in [0.05, 0.1) is 6.20 Å². The number of aromatic nitrogens is 2. The van der Waals surface area contributed by atoms with Gasteiger partial charge in [0.15, 0.2) is 5.03 Å². The van der Waals surface area contributed by atoms with E-state index in [1.807, 2.05) is 0 Å². The highest BCUT2D eigenvalue weighted by molar-refractivity contribution is 7.89. The molecule has 0 amide bonds. The van der Waals surface area contributed by atoms with Crippen molar-refractivity contribution >= 4 is 21.6 Å². The Kier molecular flexibility index (Phi) is 4.06. The molecule has 0 spiro atoms. The predicted molar refractivity (Wildman–Crippen MR) is 65.5 cm³/mol. The molecule has 2 rings (SSSR count). The summed E-state index contributed by atoms with van der Waals surface area (Å²) in [6.45, 7) is 0.482. The summed E-state index contributed by atoms with van der Waals surface area (Å²) in [4.78, 5) is 0. The Morgan fingerprint density at radius 1 is 1.53 bits per heavy atom. The number of aromatic amines is 1. The Morgan fingerprint density at radius 2 is 2.29 bits per heavy atom. The largest absolute Gasteiger partial charge is 0.266 e. The normalized spacial score (nSPS) is 17.3. The van der Waals surface area contributed by atoms with Gasteiger partial charge in [-0.1, -0.05) is 6.42 Å². The number of hydrogen-bond acceptors (Lipinski definition) is 3.